The third kappa shape index (κ3) is 4.62. The quantitative estimate of drug-likeness (QED) is 0.391. The smallest absolute Gasteiger partial charge is 0.415 e. The van der Waals surface area contributed by atoms with Gasteiger partial charge in [0.2, 0.25) is 5.89 Å². The molecule has 0 saturated carbocycles. The lowest BCUT2D eigenvalue weighted by molar-refractivity contribution is -0.141. The first-order valence-electron chi connectivity index (χ1n) is 7.82. The summed E-state index contributed by atoms with van der Waals surface area (Å²) in [6.07, 6.45) is -6.25. The Morgan fingerprint density at radius 1 is 1.24 bits per heavy atom. The number of hydrazone groups is 1. The molecular weight excluding hydrogens is 403 g/mol. The molecule has 0 fully saturated rings. The number of aromatic amines is 1. The highest BCUT2D eigenvalue weighted by atomic mass is 19.4. The van der Waals surface area contributed by atoms with E-state index >= 15 is 0 Å². The minimum Gasteiger partial charge on any atom is -0.415 e. The van der Waals surface area contributed by atoms with Crippen LogP contribution in [0, 0.1) is 0 Å². The molecule has 2 aromatic heterocycles. The van der Waals surface area contributed by atoms with E-state index in [1.54, 1.807) is 17.2 Å². The van der Waals surface area contributed by atoms with E-state index in [1.807, 2.05) is 0 Å². The van der Waals surface area contributed by atoms with E-state index in [1.165, 1.54) is 25.4 Å². The predicted octanol–water partition coefficient (Wildman–Crippen LogP) is 3.52. The van der Waals surface area contributed by atoms with Gasteiger partial charge < -0.3 is 4.42 Å². The van der Waals surface area contributed by atoms with Crippen LogP contribution in [-0.2, 0) is 6.18 Å². The molecule has 0 aliphatic heterocycles. The number of alkyl halides is 5. The van der Waals surface area contributed by atoms with E-state index < -0.39 is 35.8 Å². The Hall–Kier alpha value is -3.64. The van der Waals surface area contributed by atoms with Crippen LogP contribution in [0.1, 0.15) is 34.1 Å². The highest BCUT2D eigenvalue weighted by molar-refractivity contribution is 5.93. The lowest BCUT2D eigenvalue weighted by Gasteiger charge is -2.08. The molecule has 152 valence electrons. The number of H-pyrrole nitrogens is 1. The van der Waals surface area contributed by atoms with Gasteiger partial charge in [0.1, 0.15) is 5.69 Å². The van der Waals surface area contributed by atoms with Gasteiger partial charge in [-0.3, -0.25) is 9.89 Å². The zero-order valence-corrected chi connectivity index (χ0v) is 14.5. The maximum atomic E-state index is 12.6. The Balaban J connectivity index is 1.67. The number of hydrogen-bond acceptors (Lipinski definition) is 6. The molecule has 0 bridgehead atoms. The second-order valence-electron chi connectivity index (χ2n) is 5.61. The zero-order chi connectivity index (χ0) is 21.2. The fraction of sp³-hybridized carbons (Fsp3) is 0.188. The molecule has 13 heteroatoms. The molecule has 2 heterocycles. The topological polar surface area (TPSA) is 100 Å². The average Bonchev–Trinajstić information content (AvgIpc) is 3.35. The second kappa shape index (κ2) is 7.77. The molecule has 0 spiro atoms. The lowest BCUT2D eigenvalue weighted by Crippen LogP contribution is -2.21. The van der Waals surface area contributed by atoms with Crippen molar-refractivity contribution in [1.82, 2.24) is 25.4 Å². The van der Waals surface area contributed by atoms with Crippen molar-refractivity contribution in [2.75, 3.05) is 7.05 Å². The van der Waals surface area contributed by atoms with Gasteiger partial charge in [0, 0.05) is 18.7 Å². The van der Waals surface area contributed by atoms with Crippen molar-refractivity contribution in [2.45, 2.75) is 12.6 Å². The minimum absolute atomic E-state index is 0.0879. The van der Waals surface area contributed by atoms with Gasteiger partial charge in [0.15, 0.2) is 5.69 Å². The zero-order valence-electron chi connectivity index (χ0n) is 14.5. The third-order valence-electron chi connectivity index (χ3n) is 3.56. The van der Waals surface area contributed by atoms with Crippen LogP contribution in [-0.4, -0.2) is 44.6 Å². The fourth-order valence-electron chi connectivity index (χ4n) is 2.10. The Morgan fingerprint density at radius 2 is 1.93 bits per heavy atom. The summed E-state index contributed by atoms with van der Waals surface area (Å²) in [4.78, 5) is 12.1. The van der Waals surface area contributed by atoms with Crippen LogP contribution in [0.5, 0.6) is 0 Å². The van der Waals surface area contributed by atoms with E-state index in [2.05, 4.69) is 20.4 Å². The highest BCUT2D eigenvalue weighted by Gasteiger charge is 2.34. The molecule has 1 N–H and O–H groups in total. The standard InChI is InChI=1S/C16H11F5N6O2/c1-27(15(28)10-6-11(24-23-10)16(19,20)21)22-7-8-2-4-9(5-3-8)13-25-26-14(29-13)12(17)18/h2-7,12H,1H3,(H,23,24)/b22-7+. The lowest BCUT2D eigenvalue weighted by atomic mass is 10.1. The van der Waals surface area contributed by atoms with Crippen molar-refractivity contribution in [1.29, 1.82) is 0 Å². The normalized spacial score (nSPS) is 12.1. The molecule has 1 aromatic carbocycles. The number of rotatable bonds is 5. The fourth-order valence-corrected chi connectivity index (χ4v) is 2.10. The molecule has 3 rings (SSSR count). The first-order chi connectivity index (χ1) is 13.6. The summed E-state index contributed by atoms with van der Waals surface area (Å²) in [7, 11) is 1.25. The number of halogens is 5. The number of carbonyl (C=O) groups is 1. The average molecular weight is 414 g/mol. The predicted molar refractivity (Wildman–Crippen MR) is 88.0 cm³/mol. The third-order valence-corrected chi connectivity index (χ3v) is 3.56. The minimum atomic E-state index is -4.65. The summed E-state index contributed by atoms with van der Waals surface area (Å²) >= 11 is 0. The Labute approximate surface area is 159 Å². The van der Waals surface area contributed by atoms with E-state index in [0.717, 1.165) is 5.01 Å². The van der Waals surface area contributed by atoms with Crippen LogP contribution in [0.15, 0.2) is 39.9 Å². The molecule has 29 heavy (non-hydrogen) atoms. The Morgan fingerprint density at radius 3 is 2.48 bits per heavy atom. The molecule has 0 aliphatic rings. The molecule has 8 nitrogen and oxygen atoms in total. The van der Waals surface area contributed by atoms with Crippen LogP contribution < -0.4 is 0 Å². The van der Waals surface area contributed by atoms with Gasteiger partial charge in [0.05, 0.1) is 6.21 Å². The molecule has 0 unspecified atom stereocenters. The largest absolute Gasteiger partial charge is 0.432 e. The van der Waals surface area contributed by atoms with Gasteiger partial charge in [0.25, 0.3) is 11.8 Å². The second-order valence-corrected chi connectivity index (χ2v) is 5.61. The summed E-state index contributed by atoms with van der Waals surface area (Å²) in [5.74, 6) is -1.73. The van der Waals surface area contributed by atoms with Gasteiger partial charge in [-0.25, -0.2) is 5.01 Å². The first-order valence-corrected chi connectivity index (χ1v) is 7.82. The number of benzene rings is 1. The van der Waals surface area contributed by atoms with Crippen LogP contribution >= 0.6 is 0 Å². The van der Waals surface area contributed by atoms with Crippen LogP contribution in [0.2, 0.25) is 0 Å². The molecule has 0 aliphatic carbocycles. The van der Waals surface area contributed by atoms with Crippen LogP contribution in [0.3, 0.4) is 0 Å². The van der Waals surface area contributed by atoms with Gasteiger partial charge >= 0.3 is 12.6 Å². The van der Waals surface area contributed by atoms with E-state index in [9.17, 15) is 26.7 Å². The van der Waals surface area contributed by atoms with Crippen LogP contribution in [0.25, 0.3) is 11.5 Å². The van der Waals surface area contributed by atoms with Gasteiger partial charge in [-0.1, -0.05) is 12.1 Å². The summed E-state index contributed by atoms with van der Waals surface area (Å²) in [6, 6.07) is 6.69. The summed E-state index contributed by atoms with van der Waals surface area (Å²) in [5.41, 5.74) is -0.689. The number of hydrogen-bond donors (Lipinski definition) is 1. The monoisotopic (exact) mass is 414 g/mol. The van der Waals surface area contributed by atoms with Gasteiger partial charge in [-0.15, -0.1) is 10.2 Å². The molecule has 0 atom stereocenters. The Bertz CT molecular complexity index is 1030. The summed E-state index contributed by atoms with van der Waals surface area (Å²) in [5, 5.41) is 16.5. The number of carbonyl (C=O) groups excluding carboxylic acids is 1. The van der Waals surface area contributed by atoms with Crippen molar-refractivity contribution in [3.8, 4) is 11.5 Å². The number of aromatic nitrogens is 4. The molecular formula is C16H11F5N6O2. The molecule has 0 radical (unpaired) electrons. The number of amides is 1. The highest BCUT2D eigenvalue weighted by Crippen LogP contribution is 2.28. The maximum Gasteiger partial charge on any atom is 0.432 e. The Kier molecular flexibility index (Phi) is 5.39. The molecule has 3 aromatic rings. The molecule has 1 amide bonds. The van der Waals surface area contributed by atoms with Crippen LogP contribution in [0.4, 0.5) is 22.0 Å². The molecule has 0 saturated heterocycles. The summed E-state index contributed by atoms with van der Waals surface area (Å²) in [6.45, 7) is 0. The van der Waals surface area contributed by atoms with Crippen molar-refractivity contribution < 1.29 is 31.2 Å². The van der Waals surface area contributed by atoms with Gasteiger partial charge in [-0.05, 0) is 17.7 Å². The maximum absolute atomic E-state index is 12.6. The van der Waals surface area contributed by atoms with Gasteiger partial charge in [-0.2, -0.15) is 32.2 Å². The van der Waals surface area contributed by atoms with E-state index in [4.69, 9.17) is 4.42 Å². The SMILES string of the molecule is CN(/N=C/c1ccc(-c2nnc(C(F)F)o2)cc1)C(=O)c1cc(C(F)(F)F)[nH]n1. The van der Waals surface area contributed by atoms with Crippen molar-refractivity contribution in [2.24, 2.45) is 5.10 Å². The van der Waals surface area contributed by atoms with E-state index in [0.29, 0.717) is 17.2 Å². The van der Waals surface area contributed by atoms with Crippen molar-refractivity contribution >= 4 is 12.1 Å². The number of nitrogens with zero attached hydrogens (tertiary/aromatic N) is 5. The van der Waals surface area contributed by atoms with Crippen molar-refractivity contribution in [3.63, 3.8) is 0 Å². The number of nitrogens with one attached hydrogen (secondary N) is 1. The first kappa shape index (κ1) is 20.1. The van der Waals surface area contributed by atoms with E-state index in [-0.39, 0.29) is 5.89 Å². The van der Waals surface area contributed by atoms with Crippen molar-refractivity contribution in [3.05, 3.63) is 53.2 Å². The summed E-state index contributed by atoms with van der Waals surface area (Å²) < 4.78 is 67.4.